The molecule has 0 aromatic carbocycles. The first kappa shape index (κ1) is 11.0. The van der Waals surface area contributed by atoms with Crippen LogP contribution in [0.3, 0.4) is 0 Å². The molecule has 0 unspecified atom stereocenters. The molecule has 4 nitrogen and oxygen atoms in total. The van der Waals surface area contributed by atoms with E-state index in [2.05, 4.69) is 10.3 Å². The summed E-state index contributed by atoms with van der Waals surface area (Å²) in [4.78, 5) is 4.14. The van der Waals surface area contributed by atoms with E-state index in [1.165, 1.54) is 0 Å². The summed E-state index contributed by atoms with van der Waals surface area (Å²) in [5.74, 6) is 1.53. The summed E-state index contributed by atoms with van der Waals surface area (Å²) in [5, 5.41) is 3.11. The third-order valence-electron chi connectivity index (χ3n) is 2.31. The molecule has 0 saturated heterocycles. The molecule has 1 aliphatic carbocycles. The number of ether oxygens (including phenoxy) is 2. The van der Waals surface area contributed by atoms with Crippen molar-refractivity contribution >= 4 is 5.69 Å². The standard InChI is InChI=1S/C12H18N2O2/c1-8(2)15-10-6-14-7-11(12(10)13-3)16-9-4-5-9/h6-9H,4-5H2,1-3H3,(H,13,14). The van der Waals surface area contributed by atoms with Crippen LogP contribution < -0.4 is 14.8 Å². The molecule has 0 spiro atoms. The van der Waals surface area contributed by atoms with Crippen LogP contribution in [-0.4, -0.2) is 24.2 Å². The van der Waals surface area contributed by atoms with Crippen LogP contribution in [0.15, 0.2) is 12.4 Å². The molecule has 16 heavy (non-hydrogen) atoms. The topological polar surface area (TPSA) is 43.4 Å². The van der Waals surface area contributed by atoms with Crippen LogP contribution in [0.4, 0.5) is 5.69 Å². The van der Waals surface area contributed by atoms with Gasteiger partial charge in [0.25, 0.3) is 0 Å². The Hall–Kier alpha value is -1.45. The molecule has 0 bridgehead atoms. The predicted molar refractivity (Wildman–Crippen MR) is 63.2 cm³/mol. The molecule has 1 fully saturated rings. The van der Waals surface area contributed by atoms with Gasteiger partial charge in [-0.3, -0.25) is 4.98 Å². The highest BCUT2D eigenvalue weighted by molar-refractivity contribution is 5.64. The van der Waals surface area contributed by atoms with Crippen LogP contribution in [0.1, 0.15) is 26.7 Å². The number of aromatic nitrogens is 1. The fourth-order valence-electron chi connectivity index (χ4n) is 1.47. The summed E-state index contributed by atoms with van der Waals surface area (Å²) < 4.78 is 11.4. The number of hydrogen-bond acceptors (Lipinski definition) is 4. The maximum atomic E-state index is 5.76. The summed E-state index contributed by atoms with van der Waals surface area (Å²) in [6, 6.07) is 0. The molecule has 1 aromatic heterocycles. The van der Waals surface area contributed by atoms with Crippen LogP contribution in [0.2, 0.25) is 0 Å². The van der Waals surface area contributed by atoms with E-state index in [0.29, 0.717) is 6.10 Å². The van der Waals surface area contributed by atoms with Gasteiger partial charge < -0.3 is 14.8 Å². The van der Waals surface area contributed by atoms with E-state index < -0.39 is 0 Å². The summed E-state index contributed by atoms with van der Waals surface area (Å²) in [6.45, 7) is 3.99. The van der Waals surface area contributed by atoms with Crippen molar-refractivity contribution in [3.05, 3.63) is 12.4 Å². The van der Waals surface area contributed by atoms with Gasteiger partial charge in [0.2, 0.25) is 0 Å². The van der Waals surface area contributed by atoms with Crippen LogP contribution in [0.25, 0.3) is 0 Å². The molecule has 4 heteroatoms. The SMILES string of the molecule is CNc1c(OC(C)C)cncc1OC1CC1. The number of hydrogen-bond donors (Lipinski definition) is 1. The monoisotopic (exact) mass is 222 g/mol. The van der Waals surface area contributed by atoms with Gasteiger partial charge in [-0.1, -0.05) is 0 Å². The van der Waals surface area contributed by atoms with E-state index in [1.54, 1.807) is 12.4 Å². The van der Waals surface area contributed by atoms with Crippen molar-refractivity contribution in [3.8, 4) is 11.5 Å². The quantitative estimate of drug-likeness (QED) is 0.831. The fourth-order valence-corrected chi connectivity index (χ4v) is 1.47. The van der Waals surface area contributed by atoms with Gasteiger partial charge in [-0.2, -0.15) is 0 Å². The van der Waals surface area contributed by atoms with Crippen molar-refractivity contribution in [2.75, 3.05) is 12.4 Å². The second-order valence-corrected chi connectivity index (χ2v) is 4.24. The van der Waals surface area contributed by atoms with Crippen molar-refractivity contribution in [2.45, 2.75) is 38.9 Å². The van der Waals surface area contributed by atoms with Gasteiger partial charge in [0.1, 0.15) is 5.69 Å². The van der Waals surface area contributed by atoms with E-state index in [1.807, 2.05) is 20.9 Å². The molecule has 88 valence electrons. The Balaban J connectivity index is 2.21. The van der Waals surface area contributed by atoms with Crippen molar-refractivity contribution < 1.29 is 9.47 Å². The molecule has 2 rings (SSSR count). The summed E-state index contributed by atoms with van der Waals surface area (Å²) in [7, 11) is 1.86. The molecular formula is C12H18N2O2. The second kappa shape index (κ2) is 4.60. The molecule has 0 aliphatic heterocycles. The highest BCUT2D eigenvalue weighted by atomic mass is 16.5. The normalized spacial score (nSPS) is 15.0. The minimum atomic E-state index is 0.130. The van der Waals surface area contributed by atoms with Gasteiger partial charge in [-0.25, -0.2) is 0 Å². The Labute approximate surface area is 96.0 Å². The summed E-state index contributed by atoms with van der Waals surface area (Å²) in [5.41, 5.74) is 0.885. The number of nitrogens with one attached hydrogen (secondary N) is 1. The van der Waals surface area contributed by atoms with E-state index in [-0.39, 0.29) is 6.10 Å². The number of anilines is 1. The van der Waals surface area contributed by atoms with Crippen LogP contribution >= 0.6 is 0 Å². The van der Waals surface area contributed by atoms with E-state index in [0.717, 1.165) is 30.0 Å². The molecule has 1 aromatic rings. The molecular weight excluding hydrogens is 204 g/mol. The van der Waals surface area contributed by atoms with Crippen molar-refractivity contribution in [1.82, 2.24) is 4.98 Å². The zero-order valence-corrected chi connectivity index (χ0v) is 9.99. The van der Waals surface area contributed by atoms with Gasteiger partial charge in [-0.15, -0.1) is 0 Å². The number of nitrogens with zero attached hydrogens (tertiary/aromatic N) is 1. The third kappa shape index (κ3) is 2.56. The Bertz CT molecular complexity index is 340. The maximum absolute atomic E-state index is 5.76. The highest BCUT2D eigenvalue weighted by Gasteiger charge is 2.25. The lowest BCUT2D eigenvalue weighted by Crippen LogP contribution is -2.09. The molecule has 1 N–H and O–H groups in total. The summed E-state index contributed by atoms with van der Waals surface area (Å²) >= 11 is 0. The second-order valence-electron chi connectivity index (χ2n) is 4.24. The number of rotatable bonds is 5. The smallest absolute Gasteiger partial charge is 0.164 e. The number of pyridine rings is 1. The first-order chi connectivity index (χ1) is 7.70. The van der Waals surface area contributed by atoms with Gasteiger partial charge in [0.05, 0.1) is 24.6 Å². The van der Waals surface area contributed by atoms with Crippen LogP contribution in [0.5, 0.6) is 11.5 Å². The first-order valence-electron chi connectivity index (χ1n) is 5.69. The molecule has 1 saturated carbocycles. The molecule has 1 heterocycles. The first-order valence-corrected chi connectivity index (χ1v) is 5.69. The Morgan fingerprint density at radius 2 is 2.00 bits per heavy atom. The minimum absolute atomic E-state index is 0.130. The van der Waals surface area contributed by atoms with Crippen molar-refractivity contribution in [2.24, 2.45) is 0 Å². The maximum Gasteiger partial charge on any atom is 0.164 e. The van der Waals surface area contributed by atoms with E-state index in [9.17, 15) is 0 Å². The Morgan fingerprint density at radius 1 is 1.31 bits per heavy atom. The van der Waals surface area contributed by atoms with Crippen LogP contribution in [-0.2, 0) is 0 Å². The molecule has 1 aliphatic rings. The van der Waals surface area contributed by atoms with Crippen LogP contribution in [0, 0.1) is 0 Å². The third-order valence-corrected chi connectivity index (χ3v) is 2.31. The van der Waals surface area contributed by atoms with Gasteiger partial charge in [0.15, 0.2) is 11.5 Å². The summed E-state index contributed by atoms with van der Waals surface area (Å²) in [6.07, 6.45) is 6.22. The van der Waals surface area contributed by atoms with Crippen molar-refractivity contribution in [3.63, 3.8) is 0 Å². The fraction of sp³-hybridized carbons (Fsp3) is 0.583. The minimum Gasteiger partial charge on any atom is -0.487 e. The lowest BCUT2D eigenvalue weighted by molar-refractivity contribution is 0.240. The van der Waals surface area contributed by atoms with E-state index >= 15 is 0 Å². The lowest BCUT2D eigenvalue weighted by atomic mass is 10.3. The highest BCUT2D eigenvalue weighted by Crippen LogP contribution is 2.37. The van der Waals surface area contributed by atoms with Gasteiger partial charge >= 0.3 is 0 Å². The Kier molecular flexibility index (Phi) is 3.17. The van der Waals surface area contributed by atoms with Gasteiger partial charge in [-0.05, 0) is 26.7 Å². The largest absolute Gasteiger partial charge is 0.487 e. The molecule has 0 amide bonds. The molecule has 0 atom stereocenters. The predicted octanol–water partition coefficient (Wildman–Crippen LogP) is 2.45. The molecule has 0 radical (unpaired) electrons. The van der Waals surface area contributed by atoms with Crippen molar-refractivity contribution in [1.29, 1.82) is 0 Å². The lowest BCUT2D eigenvalue weighted by Gasteiger charge is -2.16. The zero-order chi connectivity index (χ0) is 11.5. The zero-order valence-electron chi connectivity index (χ0n) is 9.99. The van der Waals surface area contributed by atoms with Gasteiger partial charge in [0, 0.05) is 7.05 Å². The van der Waals surface area contributed by atoms with E-state index in [4.69, 9.17) is 9.47 Å². The average molecular weight is 222 g/mol. The average Bonchev–Trinajstić information content (AvgIpc) is 3.01. The Morgan fingerprint density at radius 3 is 2.56 bits per heavy atom.